The van der Waals surface area contributed by atoms with Crippen molar-refractivity contribution in [3.63, 3.8) is 0 Å². The molecule has 2 aromatic heterocycles. The van der Waals surface area contributed by atoms with Crippen molar-refractivity contribution in [1.82, 2.24) is 24.8 Å². The molecule has 0 fully saturated rings. The highest BCUT2D eigenvalue weighted by atomic mass is 16.7. The van der Waals surface area contributed by atoms with Crippen LogP contribution >= 0.6 is 0 Å². The first-order valence-corrected chi connectivity index (χ1v) is 13.0. The standard InChI is InChI=1S/C28H32N6O7/c1-5-11-29-26(37)20-10-9-18(3)22(14-20)32-25-24-19(4)21(15-34(24)31-16-30-25)27(38)33(12-6-2)28(39)41-17-40-23(36)8-7-13-35/h7-10,13-16H,5-6,11-12,17H2,1-4H3,(H,29,37)(H,30,31,32)/b8-7+. The van der Waals surface area contributed by atoms with E-state index in [0.717, 1.165) is 29.0 Å². The fourth-order valence-corrected chi connectivity index (χ4v) is 3.86. The fourth-order valence-electron chi connectivity index (χ4n) is 3.86. The van der Waals surface area contributed by atoms with Crippen molar-refractivity contribution in [3.05, 3.63) is 65.1 Å². The molecular weight excluding hydrogens is 532 g/mol. The minimum absolute atomic E-state index is 0.0468. The van der Waals surface area contributed by atoms with E-state index < -0.39 is 24.8 Å². The number of benzene rings is 1. The van der Waals surface area contributed by atoms with Gasteiger partial charge in [-0.15, -0.1) is 0 Å². The van der Waals surface area contributed by atoms with Crippen LogP contribution in [0.15, 0.2) is 42.9 Å². The topological polar surface area (TPSA) is 161 Å². The summed E-state index contributed by atoms with van der Waals surface area (Å²) < 4.78 is 11.1. The lowest BCUT2D eigenvalue weighted by molar-refractivity contribution is -0.146. The molecule has 0 atom stereocenters. The Labute approximate surface area is 236 Å². The van der Waals surface area contributed by atoms with Gasteiger partial charge >= 0.3 is 12.1 Å². The van der Waals surface area contributed by atoms with Crippen LogP contribution in [-0.4, -0.2) is 69.5 Å². The number of ether oxygens (including phenoxy) is 2. The molecule has 3 rings (SSSR count). The zero-order chi connectivity index (χ0) is 29.9. The molecule has 2 heterocycles. The molecular formula is C28H32N6O7. The lowest BCUT2D eigenvalue weighted by Gasteiger charge is -2.19. The van der Waals surface area contributed by atoms with Gasteiger partial charge in [-0.2, -0.15) is 5.10 Å². The molecule has 0 aliphatic rings. The monoisotopic (exact) mass is 564 g/mol. The number of amides is 3. The molecule has 0 saturated heterocycles. The Morgan fingerprint density at radius 2 is 1.88 bits per heavy atom. The van der Waals surface area contributed by atoms with Gasteiger partial charge in [-0.3, -0.25) is 14.4 Å². The average Bonchev–Trinajstić information content (AvgIpc) is 3.31. The number of esters is 1. The summed E-state index contributed by atoms with van der Waals surface area (Å²) in [5.74, 6) is -1.31. The summed E-state index contributed by atoms with van der Waals surface area (Å²) in [4.78, 5) is 65.7. The predicted octanol–water partition coefficient (Wildman–Crippen LogP) is 3.47. The Morgan fingerprint density at radius 3 is 2.59 bits per heavy atom. The van der Waals surface area contributed by atoms with Crippen LogP contribution < -0.4 is 10.6 Å². The van der Waals surface area contributed by atoms with Crippen LogP contribution in [0.2, 0.25) is 0 Å². The van der Waals surface area contributed by atoms with Crippen molar-refractivity contribution in [1.29, 1.82) is 0 Å². The number of aromatic nitrogens is 3. The quantitative estimate of drug-likeness (QED) is 0.144. The smallest absolute Gasteiger partial charge is 0.419 e. The molecule has 0 aliphatic heterocycles. The van der Waals surface area contributed by atoms with Crippen LogP contribution in [0.1, 0.15) is 58.5 Å². The highest BCUT2D eigenvalue weighted by molar-refractivity contribution is 6.05. The molecule has 13 nitrogen and oxygen atoms in total. The summed E-state index contributed by atoms with van der Waals surface area (Å²) in [6.07, 6.45) is 5.28. The Balaban J connectivity index is 1.86. The van der Waals surface area contributed by atoms with Gasteiger partial charge in [0.25, 0.3) is 11.8 Å². The number of carbonyl (C=O) groups excluding carboxylic acids is 5. The number of aldehydes is 1. The summed E-state index contributed by atoms with van der Waals surface area (Å²) >= 11 is 0. The number of fused-ring (bicyclic) bond motifs is 1. The van der Waals surface area contributed by atoms with Gasteiger partial charge in [-0.05, 0) is 56.0 Å². The molecule has 41 heavy (non-hydrogen) atoms. The third-order valence-electron chi connectivity index (χ3n) is 5.95. The zero-order valence-corrected chi connectivity index (χ0v) is 23.3. The fraction of sp³-hybridized carbons (Fsp3) is 0.321. The number of anilines is 2. The number of imide groups is 1. The molecule has 3 aromatic rings. The number of allylic oxidation sites excluding steroid dienone is 1. The van der Waals surface area contributed by atoms with E-state index in [4.69, 9.17) is 9.47 Å². The van der Waals surface area contributed by atoms with E-state index in [1.807, 2.05) is 19.9 Å². The largest absolute Gasteiger partial charge is 0.425 e. The summed E-state index contributed by atoms with van der Waals surface area (Å²) in [5.41, 5.74) is 3.20. The number of nitrogens with zero attached hydrogens (tertiary/aromatic N) is 4. The number of rotatable bonds is 12. The van der Waals surface area contributed by atoms with Gasteiger partial charge in [-0.1, -0.05) is 19.9 Å². The van der Waals surface area contributed by atoms with Crippen molar-refractivity contribution in [3.8, 4) is 0 Å². The third-order valence-corrected chi connectivity index (χ3v) is 5.95. The van der Waals surface area contributed by atoms with Crippen LogP contribution in [0.3, 0.4) is 0 Å². The average molecular weight is 565 g/mol. The predicted molar refractivity (Wildman–Crippen MR) is 149 cm³/mol. The summed E-state index contributed by atoms with van der Waals surface area (Å²) in [5, 5.41) is 10.3. The van der Waals surface area contributed by atoms with E-state index in [2.05, 4.69) is 20.7 Å². The van der Waals surface area contributed by atoms with E-state index >= 15 is 0 Å². The van der Waals surface area contributed by atoms with Gasteiger partial charge in [-0.25, -0.2) is 24.0 Å². The highest BCUT2D eigenvalue weighted by Gasteiger charge is 2.28. The molecule has 13 heteroatoms. The van der Waals surface area contributed by atoms with E-state index in [0.29, 0.717) is 47.4 Å². The lowest BCUT2D eigenvalue weighted by Crippen LogP contribution is -2.38. The molecule has 0 saturated carbocycles. The van der Waals surface area contributed by atoms with Crippen molar-refractivity contribution in [2.75, 3.05) is 25.2 Å². The lowest BCUT2D eigenvalue weighted by atomic mass is 10.1. The maximum absolute atomic E-state index is 13.5. The molecule has 3 amide bonds. The van der Waals surface area contributed by atoms with Crippen LogP contribution in [0.4, 0.5) is 16.3 Å². The minimum atomic E-state index is -1.00. The van der Waals surface area contributed by atoms with Gasteiger partial charge in [0.2, 0.25) is 6.79 Å². The molecule has 0 radical (unpaired) electrons. The summed E-state index contributed by atoms with van der Waals surface area (Å²) in [6, 6.07) is 5.29. The molecule has 2 N–H and O–H groups in total. The van der Waals surface area contributed by atoms with Crippen LogP contribution in [0.25, 0.3) is 5.52 Å². The first kappa shape index (κ1) is 30.5. The maximum atomic E-state index is 13.5. The minimum Gasteiger partial charge on any atom is -0.425 e. The summed E-state index contributed by atoms with van der Waals surface area (Å²) in [7, 11) is 0. The van der Waals surface area contributed by atoms with Crippen molar-refractivity contribution < 1.29 is 33.4 Å². The normalized spacial score (nSPS) is 10.8. The van der Waals surface area contributed by atoms with Gasteiger partial charge in [0.15, 0.2) is 5.82 Å². The SMILES string of the molecule is CCCNC(=O)c1ccc(C)c(Nc2ncnn3cc(C(=O)N(CCC)C(=O)OCOC(=O)/C=C/C=O)c(C)c23)c1. The molecule has 0 unspecified atom stereocenters. The van der Waals surface area contributed by atoms with E-state index in [9.17, 15) is 24.0 Å². The van der Waals surface area contributed by atoms with Crippen LogP contribution in [-0.2, 0) is 19.1 Å². The van der Waals surface area contributed by atoms with E-state index in [1.165, 1.54) is 17.0 Å². The Hall–Kier alpha value is -5.07. The number of hydrogen-bond acceptors (Lipinski definition) is 10. The second-order valence-corrected chi connectivity index (χ2v) is 8.92. The number of carbonyl (C=O) groups is 5. The van der Waals surface area contributed by atoms with Gasteiger partial charge < -0.3 is 20.1 Å². The molecule has 216 valence electrons. The number of nitrogens with one attached hydrogen (secondary N) is 2. The molecule has 0 bridgehead atoms. The maximum Gasteiger partial charge on any atom is 0.419 e. The second kappa shape index (κ2) is 14.4. The Kier molecular flexibility index (Phi) is 10.7. The van der Waals surface area contributed by atoms with Crippen LogP contribution in [0, 0.1) is 13.8 Å². The molecule has 0 spiro atoms. The van der Waals surface area contributed by atoms with Crippen LogP contribution in [0.5, 0.6) is 0 Å². The number of hydrogen-bond donors (Lipinski definition) is 2. The third kappa shape index (κ3) is 7.53. The zero-order valence-electron chi connectivity index (χ0n) is 23.3. The summed E-state index contributed by atoms with van der Waals surface area (Å²) in [6.45, 7) is 7.22. The first-order chi connectivity index (χ1) is 19.7. The van der Waals surface area contributed by atoms with Crippen molar-refractivity contribution in [2.24, 2.45) is 0 Å². The van der Waals surface area contributed by atoms with Gasteiger partial charge in [0.05, 0.1) is 5.56 Å². The Bertz CT molecular complexity index is 1480. The van der Waals surface area contributed by atoms with E-state index in [-0.39, 0.29) is 18.0 Å². The Morgan fingerprint density at radius 1 is 1.10 bits per heavy atom. The van der Waals surface area contributed by atoms with Crippen molar-refractivity contribution in [2.45, 2.75) is 40.5 Å². The highest BCUT2D eigenvalue weighted by Crippen LogP contribution is 2.28. The molecule has 0 aliphatic carbocycles. The van der Waals surface area contributed by atoms with E-state index in [1.54, 1.807) is 26.0 Å². The molecule has 1 aromatic carbocycles. The van der Waals surface area contributed by atoms with Crippen molar-refractivity contribution >= 4 is 47.2 Å². The first-order valence-electron chi connectivity index (χ1n) is 13.0. The number of aryl methyl sites for hydroxylation is 2. The van der Waals surface area contributed by atoms with Gasteiger partial charge in [0.1, 0.15) is 18.1 Å². The van der Waals surface area contributed by atoms with Gasteiger partial charge in [0, 0.05) is 36.6 Å². The second-order valence-electron chi connectivity index (χ2n) is 8.92.